The smallest absolute Gasteiger partial charge is 0.204 e. The van der Waals surface area contributed by atoms with E-state index in [-0.39, 0.29) is 0 Å². The Hall–Kier alpha value is -2.93. The lowest BCUT2D eigenvalue weighted by atomic mass is 10.2. The van der Waals surface area contributed by atoms with E-state index in [1.54, 1.807) is 26.2 Å². The summed E-state index contributed by atoms with van der Waals surface area (Å²) in [6, 6.07) is 12.2. The molecule has 0 spiro atoms. The largest absolute Gasteiger partial charge is 0.493 e. The highest BCUT2D eigenvalue weighted by molar-refractivity contribution is 5.78. The van der Waals surface area contributed by atoms with E-state index in [1.165, 1.54) is 0 Å². The van der Waals surface area contributed by atoms with Crippen molar-refractivity contribution < 1.29 is 19.1 Å². The molecule has 7 nitrogen and oxygen atoms in total. The zero-order valence-electron chi connectivity index (χ0n) is 18.6. The zero-order valence-corrected chi connectivity index (χ0v) is 18.6. The highest BCUT2D eigenvalue weighted by Crippen LogP contribution is 2.38. The molecule has 0 saturated carbocycles. The Morgan fingerprint density at radius 2 is 1.63 bits per heavy atom. The lowest BCUT2D eigenvalue weighted by molar-refractivity contribution is -0.897. The number of hydrogen-bond acceptors (Lipinski definition) is 5. The van der Waals surface area contributed by atoms with E-state index in [9.17, 15) is 0 Å². The van der Waals surface area contributed by atoms with Gasteiger partial charge in [-0.1, -0.05) is 12.1 Å². The third kappa shape index (κ3) is 4.62. The summed E-state index contributed by atoms with van der Waals surface area (Å²) in [5.41, 5.74) is 3.17. The Kier molecular flexibility index (Phi) is 7.41. The van der Waals surface area contributed by atoms with Gasteiger partial charge in [0.15, 0.2) is 11.5 Å². The summed E-state index contributed by atoms with van der Waals surface area (Å²) >= 11 is 0. The van der Waals surface area contributed by atoms with Crippen molar-refractivity contribution in [2.24, 2.45) is 0 Å². The second-order valence-electron chi connectivity index (χ2n) is 7.17. The van der Waals surface area contributed by atoms with Gasteiger partial charge in [-0.15, -0.1) is 0 Å². The van der Waals surface area contributed by atoms with Crippen LogP contribution < -0.4 is 24.4 Å². The number of nitrogens with zero attached hydrogens (tertiary/aromatic N) is 2. The number of rotatable bonds is 11. The molecule has 0 aliphatic rings. The first kappa shape index (κ1) is 21.8. The topological polar surface area (TPSA) is 62.0 Å². The third-order valence-electron chi connectivity index (χ3n) is 5.52. The number of hydrogen-bond donors (Lipinski definition) is 2. The average molecular weight is 414 g/mol. The highest BCUT2D eigenvalue weighted by atomic mass is 16.5. The van der Waals surface area contributed by atoms with Gasteiger partial charge in [0.05, 0.1) is 58.5 Å². The number of quaternary nitrogens is 1. The highest BCUT2D eigenvalue weighted by Gasteiger charge is 2.15. The second kappa shape index (κ2) is 10.2. The average Bonchev–Trinajstić information content (AvgIpc) is 3.15. The number of benzene rings is 2. The fraction of sp³-hybridized carbons (Fsp3) is 0.435. The van der Waals surface area contributed by atoms with E-state index in [2.05, 4.69) is 41.9 Å². The van der Waals surface area contributed by atoms with Crippen molar-refractivity contribution in [1.82, 2.24) is 9.55 Å². The van der Waals surface area contributed by atoms with E-state index >= 15 is 0 Å². The number of likely N-dealkylation sites (N-methyl/N-ethyl adjacent to an activating group) is 1. The summed E-state index contributed by atoms with van der Waals surface area (Å²) in [4.78, 5) is 6.40. The van der Waals surface area contributed by atoms with Crippen molar-refractivity contribution in [3.05, 3.63) is 42.0 Å². The van der Waals surface area contributed by atoms with Gasteiger partial charge in [0.25, 0.3) is 0 Å². The Bertz CT molecular complexity index is 941. The van der Waals surface area contributed by atoms with Crippen LogP contribution >= 0.6 is 0 Å². The van der Waals surface area contributed by atoms with Gasteiger partial charge in [0.2, 0.25) is 11.7 Å². The summed E-state index contributed by atoms with van der Waals surface area (Å²) < 4.78 is 18.7. The van der Waals surface area contributed by atoms with Gasteiger partial charge in [-0.3, -0.25) is 0 Å². The molecule has 0 bridgehead atoms. The Morgan fingerprint density at radius 3 is 2.23 bits per heavy atom. The number of anilines is 1. The number of nitrogens with one attached hydrogen (secondary N) is 2. The molecule has 0 radical (unpaired) electrons. The third-order valence-corrected chi connectivity index (χ3v) is 5.52. The lowest BCUT2D eigenvalue weighted by Crippen LogP contribution is -3.11. The summed E-state index contributed by atoms with van der Waals surface area (Å²) in [6.07, 6.45) is 0. The maximum atomic E-state index is 5.48. The van der Waals surface area contributed by atoms with Gasteiger partial charge < -0.3 is 29.0 Å². The molecule has 2 aromatic carbocycles. The molecule has 1 heterocycles. The molecule has 1 aromatic heterocycles. The molecule has 0 saturated heterocycles. The fourth-order valence-electron chi connectivity index (χ4n) is 3.73. The quantitative estimate of drug-likeness (QED) is 0.506. The minimum atomic E-state index is 0.595. The minimum Gasteiger partial charge on any atom is -0.493 e. The summed E-state index contributed by atoms with van der Waals surface area (Å²) in [7, 11) is 4.87. The minimum absolute atomic E-state index is 0.595. The first-order valence-corrected chi connectivity index (χ1v) is 10.5. The van der Waals surface area contributed by atoms with Crippen LogP contribution in [0.2, 0.25) is 0 Å². The predicted octanol–water partition coefficient (Wildman–Crippen LogP) is 2.60. The second-order valence-corrected chi connectivity index (χ2v) is 7.17. The Balaban J connectivity index is 1.86. The molecule has 0 aliphatic carbocycles. The molecule has 0 atom stereocenters. The molecule has 2 N–H and O–H groups in total. The van der Waals surface area contributed by atoms with E-state index < -0.39 is 0 Å². The molecule has 0 unspecified atom stereocenters. The van der Waals surface area contributed by atoms with E-state index in [4.69, 9.17) is 19.2 Å². The molecular weight excluding hydrogens is 380 g/mol. The molecular formula is C23H33N4O3+. The standard InChI is InChI=1S/C23H32N4O3/c1-6-26(7-2)12-13-27-19-11-9-8-10-18(19)25-23(27)24-16-17-14-20(28-3)22(30-5)21(15-17)29-4/h8-11,14-15H,6-7,12-13,16H2,1-5H3,(H,24,25)/p+1. The molecule has 162 valence electrons. The number of ether oxygens (including phenoxy) is 3. The summed E-state index contributed by atoms with van der Waals surface area (Å²) in [5, 5.41) is 3.51. The van der Waals surface area contributed by atoms with Gasteiger partial charge in [-0.05, 0) is 43.7 Å². The number of aromatic nitrogens is 2. The molecule has 30 heavy (non-hydrogen) atoms. The van der Waals surface area contributed by atoms with Crippen LogP contribution in [0.25, 0.3) is 11.0 Å². The van der Waals surface area contributed by atoms with Crippen LogP contribution in [0.15, 0.2) is 36.4 Å². The van der Waals surface area contributed by atoms with Gasteiger partial charge in [-0.2, -0.15) is 0 Å². The summed E-state index contributed by atoms with van der Waals surface area (Å²) in [5.74, 6) is 2.76. The molecule has 3 aromatic rings. The van der Waals surface area contributed by atoms with Crippen LogP contribution in [0.1, 0.15) is 19.4 Å². The molecule has 0 aliphatic heterocycles. The Labute approximate surface area is 178 Å². The van der Waals surface area contributed by atoms with E-state index in [0.717, 1.165) is 48.7 Å². The van der Waals surface area contributed by atoms with Crippen LogP contribution in [0.4, 0.5) is 5.95 Å². The normalized spacial score (nSPS) is 11.1. The van der Waals surface area contributed by atoms with Crippen molar-refractivity contribution in [2.75, 3.05) is 46.3 Å². The van der Waals surface area contributed by atoms with E-state index in [0.29, 0.717) is 23.8 Å². The monoisotopic (exact) mass is 413 g/mol. The van der Waals surface area contributed by atoms with Gasteiger partial charge >= 0.3 is 0 Å². The van der Waals surface area contributed by atoms with Crippen molar-refractivity contribution in [2.45, 2.75) is 26.9 Å². The van der Waals surface area contributed by atoms with Crippen LogP contribution in [0.3, 0.4) is 0 Å². The summed E-state index contributed by atoms with van der Waals surface area (Å²) in [6.45, 7) is 9.27. The first-order chi connectivity index (χ1) is 14.6. The van der Waals surface area contributed by atoms with Gasteiger partial charge in [-0.25, -0.2) is 4.98 Å². The fourth-order valence-corrected chi connectivity index (χ4v) is 3.73. The molecule has 0 fully saturated rings. The van der Waals surface area contributed by atoms with Gasteiger partial charge in [0.1, 0.15) is 0 Å². The van der Waals surface area contributed by atoms with Crippen LogP contribution in [-0.2, 0) is 13.1 Å². The number of para-hydroxylation sites is 2. The number of imidazole rings is 1. The van der Waals surface area contributed by atoms with Crippen molar-refractivity contribution in [3.63, 3.8) is 0 Å². The maximum absolute atomic E-state index is 5.48. The predicted molar refractivity (Wildman–Crippen MR) is 120 cm³/mol. The van der Waals surface area contributed by atoms with Crippen molar-refractivity contribution in [1.29, 1.82) is 0 Å². The maximum Gasteiger partial charge on any atom is 0.204 e. The first-order valence-electron chi connectivity index (χ1n) is 10.5. The van der Waals surface area contributed by atoms with Crippen LogP contribution in [0, 0.1) is 0 Å². The van der Waals surface area contributed by atoms with E-state index in [1.807, 2.05) is 18.2 Å². The van der Waals surface area contributed by atoms with Crippen LogP contribution in [0.5, 0.6) is 17.2 Å². The van der Waals surface area contributed by atoms with Crippen molar-refractivity contribution in [3.8, 4) is 17.2 Å². The molecule has 3 rings (SSSR count). The van der Waals surface area contributed by atoms with Crippen LogP contribution in [-0.4, -0.2) is 50.5 Å². The Morgan fingerprint density at radius 1 is 0.967 bits per heavy atom. The number of methoxy groups -OCH3 is 3. The number of fused-ring (bicyclic) bond motifs is 1. The molecule has 0 amide bonds. The SMILES string of the molecule is CC[NH+](CC)CCn1c(NCc2cc(OC)c(OC)c(OC)c2)nc2ccccc21. The van der Waals surface area contributed by atoms with Crippen molar-refractivity contribution >= 4 is 17.0 Å². The van der Waals surface area contributed by atoms with Gasteiger partial charge in [0, 0.05) is 6.54 Å². The molecule has 7 heteroatoms. The zero-order chi connectivity index (χ0) is 21.5. The lowest BCUT2D eigenvalue weighted by Gasteiger charge is -2.18.